The van der Waals surface area contributed by atoms with Crippen molar-refractivity contribution in [2.24, 2.45) is 0 Å². The molecule has 112 valence electrons. The van der Waals surface area contributed by atoms with E-state index in [4.69, 9.17) is 9.84 Å². The second kappa shape index (κ2) is 7.98. The summed E-state index contributed by atoms with van der Waals surface area (Å²) >= 11 is 3.54. The van der Waals surface area contributed by atoms with Gasteiger partial charge in [0.1, 0.15) is 5.75 Å². The summed E-state index contributed by atoms with van der Waals surface area (Å²) in [5.41, 5.74) is 1.30. The van der Waals surface area contributed by atoms with Gasteiger partial charge in [-0.15, -0.1) is 0 Å². The van der Waals surface area contributed by atoms with Crippen LogP contribution in [0.3, 0.4) is 0 Å². The van der Waals surface area contributed by atoms with Crippen molar-refractivity contribution in [1.29, 1.82) is 0 Å². The van der Waals surface area contributed by atoms with Gasteiger partial charge in [-0.3, -0.25) is 9.80 Å². The van der Waals surface area contributed by atoms with Crippen LogP contribution in [0, 0.1) is 0 Å². The lowest BCUT2D eigenvalue weighted by Gasteiger charge is -2.21. The molecular weight excluding hydrogens is 320 g/mol. The monoisotopic (exact) mass is 342 g/mol. The Kier molecular flexibility index (Phi) is 6.29. The summed E-state index contributed by atoms with van der Waals surface area (Å²) in [4.78, 5) is 4.82. The van der Waals surface area contributed by atoms with Crippen molar-refractivity contribution >= 4 is 15.9 Å². The maximum atomic E-state index is 9.02. The molecule has 0 aromatic heterocycles. The van der Waals surface area contributed by atoms with Crippen LogP contribution in [0.2, 0.25) is 0 Å². The maximum Gasteiger partial charge on any atom is 0.133 e. The number of nitrogens with zero attached hydrogens (tertiary/aromatic N) is 2. The van der Waals surface area contributed by atoms with Crippen LogP contribution in [0.5, 0.6) is 5.75 Å². The van der Waals surface area contributed by atoms with Gasteiger partial charge in [0.05, 0.1) is 18.2 Å². The van der Waals surface area contributed by atoms with Crippen molar-refractivity contribution in [2.75, 3.05) is 46.4 Å². The highest BCUT2D eigenvalue weighted by Crippen LogP contribution is 2.26. The van der Waals surface area contributed by atoms with Crippen molar-refractivity contribution in [1.82, 2.24) is 9.80 Å². The van der Waals surface area contributed by atoms with Crippen LogP contribution in [0.1, 0.15) is 12.0 Å². The molecule has 1 fully saturated rings. The summed E-state index contributed by atoms with van der Waals surface area (Å²) in [6, 6.07) is 6.27. The normalized spacial score (nSPS) is 17.9. The number of ether oxygens (including phenoxy) is 1. The van der Waals surface area contributed by atoms with Gasteiger partial charge in [0.2, 0.25) is 0 Å². The Balaban J connectivity index is 1.91. The molecule has 0 radical (unpaired) electrons. The molecule has 0 atom stereocenters. The van der Waals surface area contributed by atoms with Gasteiger partial charge in [0.25, 0.3) is 0 Å². The summed E-state index contributed by atoms with van der Waals surface area (Å²) in [7, 11) is 1.68. The highest BCUT2D eigenvalue weighted by Gasteiger charge is 2.14. The zero-order valence-corrected chi connectivity index (χ0v) is 13.6. The number of rotatable bonds is 5. The van der Waals surface area contributed by atoms with Crippen LogP contribution < -0.4 is 4.74 Å². The van der Waals surface area contributed by atoms with E-state index in [9.17, 15) is 0 Å². The molecule has 0 spiro atoms. The SMILES string of the molecule is COc1ccc(CN2CCCN(CCO)CC2)cc1Br. The third-order valence-corrected chi connectivity index (χ3v) is 4.34. The lowest BCUT2D eigenvalue weighted by Crippen LogP contribution is -2.32. The predicted molar refractivity (Wildman–Crippen MR) is 84.1 cm³/mol. The van der Waals surface area contributed by atoms with Gasteiger partial charge < -0.3 is 9.84 Å². The van der Waals surface area contributed by atoms with Crippen LogP contribution in [0.25, 0.3) is 0 Å². The number of hydrogen-bond donors (Lipinski definition) is 1. The number of benzene rings is 1. The molecule has 1 aromatic carbocycles. The third-order valence-electron chi connectivity index (χ3n) is 3.72. The van der Waals surface area contributed by atoms with Gasteiger partial charge >= 0.3 is 0 Å². The fourth-order valence-electron chi connectivity index (χ4n) is 2.61. The predicted octanol–water partition coefficient (Wildman–Crippen LogP) is 1.96. The molecule has 0 bridgehead atoms. The minimum absolute atomic E-state index is 0.255. The average Bonchev–Trinajstić information content (AvgIpc) is 2.65. The molecule has 0 aliphatic carbocycles. The molecule has 1 N–H and O–H groups in total. The van der Waals surface area contributed by atoms with E-state index in [2.05, 4.69) is 37.9 Å². The lowest BCUT2D eigenvalue weighted by molar-refractivity contribution is 0.196. The molecule has 0 saturated carbocycles. The van der Waals surface area contributed by atoms with Gasteiger partial charge in [0, 0.05) is 26.2 Å². The third kappa shape index (κ3) is 4.45. The highest BCUT2D eigenvalue weighted by molar-refractivity contribution is 9.10. The lowest BCUT2D eigenvalue weighted by atomic mass is 10.2. The minimum atomic E-state index is 0.255. The Labute approximate surface area is 129 Å². The number of methoxy groups -OCH3 is 1. The maximum absolute atomic E-state index is 9.02. The van der Waals surface area contributed by atoms with Crippen LogP contribution in [0.15, 0.2) is 22.7 Å². The average molecular weight is 343 g/mol. The first-order valence-corrected chi connectivity index (χ1v) is 7.90. The summed E-state index contributed by atoms with van der Waals surface area (Å²) < 4.78 is 6.27. The number of hydrogen-bond acceptors (Lipinski definition) is 4. The Bertz CT molecular complexity index is 428. The van der Waals surface area contributed by atoms with Crippen molar-refractivity contribution in [2.45, 2.75) is 13.0 Å². The zero-order chi connectivity index (χ0) is 14.4. The Morgan fingerprint density at radius 3 is 2.65 bits per heavy atom. The fourth-order valence-corrected chi connectivity index (χ4v) is 3.20. The zero-order valence-electron chi connectivity index (χ0n) is 12.0. The quantitative estimate of drug-likeness (QED) is 0.887. The van der Waals surface area contributed by atoms with E-state index in [0.717, 1.165) is 55.9 Å². The first-order chi connectivity index (χ1) is 9.72. The van der Waals surface area contributed by atoms with Gasteiger partial charge in [-0.25, -0.2) is 0 Å². The van der Waals surface area contributed by atoms with Crippen molar-refractivity contribution in [3.8, 4) is 5.75 Å². The number of halogens is 1. The molecule has 0 amide bonds. The number of aliphatic hydroxyl groups is 1. The summed E-state index contributed by atoms with van der Waals surface area (Å²) in [6.45, 7) is 6.32. The van der Waals surface area contributed by atoms with Gasteiger partial charge in [-0.05, 0) is 53.1 Å². The summed E-state index contributed by atoms with van der Waals surface area (Å²) in [5, 5.41) is 9.02. The summed E-state index contributed by atoms with van der Waals surface area (Å²) in [5.74, 6) is 0.874. The van der Waals surface area contributed by atoms with Crippen molar-refractivity contribution in [3.05, 3.63) is 28.2 Å². The first-order valence-electron chi connectivity index (χ1n) is 7.11. The summed E-state index contributed by atoms with van der Waals surface area (Å²) in [6.07, 6.45) is 1.16. The van der Waals surface area contributed by atoms with Crippen molar-refractivity contribution < 1.29 is 9.84 Å². The van der Waals surface area contributed by atoms with Crippen LogP contribution in [0.4, 0.5) is 0 Å². The van der Waals surface area contributed by atoms with Gasteiger partial charge in [-0.1, -0.05) is 6.07 Å². The van der Waals surface area contributed by atoms with Crippen LogP contribution in [-0.2, 0) is 6.54 Å². The largest absolute Gasteiger partial charge is 0.496 e. The molecule has 2 rings (SSSR count). The fraction of sp³-hybridized carbons (Fsp3) is 0.600. The molecule has 1 aliphatic rings. The van der Waals surface area contributed by atoms with Crippen LogP contribution >= 0.6 is 15.9 Å². The molecule has 20 heavy (non-hydrogen) atoms. The van der Waals surface area contributed by atoms with Crippen molar-refractivity contribution in [3.63, 3.8) is 0 Å². The molecule has 5 heteroatoms. The molecule has 1 saturated heterocycles. The second-order valence-corrected chi connectivity index (χ2v) is 6.02. The van der Waals surface area contributed by atoms with E-state index in [1.807, 2.05) is 6.07 Å². The molecule has 1 aromatic rings. The molecular formula is C15H23BrN2O2. The van der Waals surface area contributed by atoms with E-state index in [1.54, 1.807) is 7.11 Å². The van der Waals surface area contributed by atoms with E-state index in [-0.39, 0.29) is 6.61 Å². The van der Waals surface area contributed by atoms with E-state index < -0.39 is 0 Å². The molecule has 1 heterocycles. The topological polar surface area (TPSA) is 35.9 Å². The highest BCUT2D eigenvalue weighted by atomic mass is 79.9. The molecule has 1 aliphatic heterocycles. The number of aliphatic hydroxyl groups excluding tert-OH is 1. The Morgan fingerprint density at radius 1 is 1.20 bits per heavy atom. The number of β-amino-alcohol motifs (C(OH)–C–C–N with tert-alkyl or cyclic N) is 1. The van der Waals surface area contributed by atoms with Gasteiger partial charge in [0.15, 0.2) is 0 Å². The van der Waals surface area contributed by atoms with Gasteiger partial charge in [-0.2, -0.15) is 0 Å². The van der Waals surface area contributed by atoms with E-state index in [0.29, 0.717) is 0 Å². The minimum Gasteiger partial charge on any atom is -0.496 e. The van der Waals surface area contributed by atoms with Crippen LogP contribution in [-0.4, -0.2) is 61.3 Å². The second-order valence-electron chi connectivity index (χ2n) is 5.16. The standard InChI is InChI=1S/C15H23BrN2O2/c1-20-15-4-3-13(11-14(15)16)12-18-6-2-5-17(7-8-18)9-10-19/h3-4,11,19H,2,5-10,12H2,1H3. The van der Waals surface area contributed by atoms with E-state index in [1.165, 1.54) is 5.56 Å². The molecule has 4 nitrogen and oxygen atoms in total. The Hall–Kier alpha value is -0.620. The Morgan fingerprint density at radius 2 is 1.95 bits per heavy atom. The first kappa shape index (κ1) is 15.8. The smallest absolute Gasteiger partial charge is 0.133 e. The molecule has 0 unspecified atom stereocenters. The van der Waals surface area contributed by atoms with E-state index >= 15 is 0 Å².